The third kappa shape index (κ3) is 3.70. The van der Waals surface area contributed by atoms with Crippen LogP contribution in [0.1, 0.15) is 30.9 Å². The Kier molecular flexibility index (Phi) is 5.62. The highest BCUT2D eigenvalue weighted by molar-refractivity contribution is 5.93. The number of H-pyrrole nitrogens is 1. The first-order valence-corrected chi connectivity index (χ1v) is 10.1. The molecule has 0 fully saturated rings. The minimum Gasteiger partial charge on any atom is -0.478 e. The van der Waals surface area contributed by atoms with Crippen LogP contribution in [0.15, 0.2) is 60.7 Å². The monoisotopic (exact) mass is 398 g/mol. The maximum Gasteiger partial charge on any atom is 0.272 e. The van der Waals surface area contributed by atoms with Crippen molar-refractivity contribution in [1.29, 1.82) is 5.26 Å². The molecule has 6 nitrogen and oxygen atoms in total. The smallest absolute Gasteiger partial charge is 0.272 e. The van der Waals surface area contributed by atoms with Crippen LogP contribution >= 0.6 is 0 Å². The van der Waals surface area contributed by atoms with Gasteiger partial charge in [-0.25, -0.2) is 4.57 Å². The molecule has 6 heteroatoms. The lowest BCUT2D eigenvalue weighted by molar-refractivity contribution is -0.664. The molecule has 2 aromatic carbocycles. The predicted octanol–water partition coefficient (Wildman–Crippen LogP) is 4.20. The van der Waals surface area contributed by atoms with Gasteiger partial charge in [0.05, 0.1) is 18.7 Å². The molecule has 0 atom stereocenters. The minimum absolute atomic E-state index is 0.396. The van der Waals surface area contributed by atoms with Crippen LogP contribution in [-0.4, -0.2) is 16.6 Å². The molecule has 0 aliphatic rings. The third-order valence-corrected chi connectivity index (χ3v) is 5.04. The van der Waals surface area contributed by atoms with Crippen LogP contribution < -0.4 is 15.0 Å². The number of aromatic nitrogens is 3. The van der Waals surface area contributed by atoms with Crippen molar-refractivity contribution < 1.29 is 9.30 Å². The lowest BCUT2D eigenvalue weighted by Gasteiger charge is -2.10. The first-order valence-electron chi connectivity index (χ1n) is 10.1. The van der Waals surface area contributed by atoms with Crippen molar-refractivity contribution in [2.75, 3.05) is 12.3 Å². The Balaban J connectivity index is 1.92. The van der Waals surface area contributed by atoms with Gasteiger partial charge in [0.15, 0.2) is 0 Å². The Labute approximate surface area is 175 Å². The largest absolute Gasteiger partial charge is 0.478 e. The van der Waals surface area contributed by atoms with Gasteiger partial charge in [0.25, 0.3) is 5.82 Å². The number of ether oxygens (including phenoxy) is 1. The average molecular weight is 398 g/mol. The summed E-state index contributed by atoms with van der Waals surface area (Å²) in [5.74, 6) is 1.65. The highest BCUT2D eigenvalue weighted by Crippen LogP contribution is 2.31. The molecule has 3 N–H and O–H groups in total. The lowest BCUT2D eigenvalue weighted by Crippen LogP contribution is -2.41. The Hall–Kier alpha value is -3.85. The minimum atomic E-state index is 0.396. The maximum atomic E-state index is 9.81. The van der Waals surface area contributed by atoms with Crippen molar-refractivity contribution in [2.45, 2.75) is 26.3 Å². The summed E-state index contributed by atoms with van der Waals surface area (Å²) in [5, 5.41) is 10.4. The number of nitrogens with two attached hydrogens (primary N) is 1. The average Bonchev–Trinajstić information content (AvgIpc) is 3.14. The van der Waals surface area contributed by atoms with Gasteiger partial charge in [0, 0.05) is 0 Å². The first-order chi connectivity index (χ1) is 14.7. The summed E-state index contributed by atoms with van der Waals surface area (Å²) in [5.41, 5.74) is 9.64. The number of anilines is 1. The molecule has 2 aromatic heterocycles. The predicted molar refractivity (Wildman–Crippen MR) is 117 cm³/mol. The van der Waals surface area contributed by atoms with Gasteiger partial charge in [-0.15, -0.1) is 0 Å². The number of nitrogen functional groups attached to an aromatic ring is 1. The topological polar surface area (TPSA) is 91.6 Å². The van der Waals surface area contributed by atoms with Crippen LogP contribution in [0.2, 0.25) is 0 Å². The normalized spacial score (nSPS) is 10.8. The van der Waals surface area contributed by atoms with Crippen LogP contribution in [0.25, 0.3) is 22.4 Å². The van der Waals surface area contributed by atoms with Gasteiger partial charge >= 0.3 is 0 Å². The molecule has 0 saturated carbocycles. The highest BCUT2D eigenvalue weighted by Gasteiger charge is 2.27. The maximum absolute atomic E-state index is 9.81. The molecule has 0 aliphatic carbocycles. The summed E-state index contributed by atoms with van der Waals surface area (Å²) in [4.78, 5) is 8.02. The van der Waals surface area contributed by atoms with Gasteiger partial charge in [0.2, 0.25) is 17.3 Å². The quantitative estimate of drug-likeness (QED) is 0.360. The SMILES string of the molecule is CCCCOc1[nH]c2nc(-c3ccccc3)[n+](Cc3ccccc3)c(N)c2c1C#N. The number of nitrogens with zero attached hydrogens (tertiary/aromatic N) is 3. The summed E-state index contributed by atoms with van der Waals surface area (Å²) in [6.45, 7) is 3.17. The number of aromatic amines is 1. The molecule has 0 radical (unpaired) electrons. The molecule has 150 valence electrons. The van der Waals surface area contributed by atoms with Gasteiger partial charge in [0.1, 0.15) is 17.0 Å². The molecular weight excluding hydrogens is 374 g/mol. The molecule has 0 unspecified atom stereocenters. The number of hydrogen-bond acceptors (Lipinski definition) is 4. The van der Waals surface area contributed by atoms with Crippen molar-refractivity contribution in [3.63, 3.8) is 0 Å². The molecule has 0 saturated heterocycles. The van der Waals surface area contributed by atoms with Crippen molar-refractivity contribution in [3.8, 4) is 23.3 Å². The van der Waals surface area contributed by atoms with E-state index in [-0.39, 0.29) is 0 Å². The summed E-state index contributed by atoms with van der Waals surface area (Å²) in [6.07, 6.45) is 1.92. The standard InChI is InChI=1S/C24H23N5O/c1-2-3-14-30-24-19(15-25)20-21(26)29(16-17-10-6-4-7-11-17)23(27-22(20)28-24)18-12-8-5-9-13-18/h4-13H,2-3,14,16H2,1H3,(H2,26,28)/p+1. The Bertz CT molecular complexity index is 1190. The Morgan fingerprint density at radius 3 is 2.47 bits per heavy atom. The second-order valence-corrected chi connectivity index (χ2v) is 7.12. The summed E-state index contributed by atoms with van der Waals surface area (Å²) < 4.78 is 7.79. The van der Waals surface area contributed by atoms with E-state index in [1.54, 1.807) is 0 Å². The highest BCUT2D eigenvalue weighted by atomic mass is 16.5. The van der Waals surface area contributed by atoms with Crippen LogP contribution in [-0.2, 0) is 6.54 Å². The molecular formula is C24H24N5O+. The second kappa shape index (κ2) is 8.66. The number of nitrogens with one attached hydrogen (secondary N) is 1. The summed E-state index contributed by atoms with van der Waals surface area (Å²) in [7, 11) is 0. The van der Waals surface area contributed by atoms with Crippen molar-refractivity contribution in [1.82, 2.24) is 9.97 Å². The van der Waals surface area contributed by atoms with E-state index in [0.717, 1.165) is 29.8 Å². The van der Waals surface area contributed by atoms with Crippen LogP contribution in [0.5, 0.6) is 5.88 Å². The van der Waals surface area contributed by atoms with Gasteiger partial charge in [-0.3, -0.25) is 4.98 Å². The lowest BCUT2D eigenvalue weighted by atomic mass is 10.1. The van der Waals surface area contributed by atoms with Gasteiger partial charge in [-0.05, 0) is 24.1 Å². The zero-order valence-corrected chi connectivity index (χ0v) is 16.9. The van der Waals surface area contributed by atoms with Crippen molar-refractivity contribution in [3.05, 3.63) is 71.8 Å². The van der Waals surface area contributed by atoms with Gasteiger partial charge < -0.3 is 10.5 Å². The van der Waals surface area contributed by atoms with Crippen molar-refractivity contribution in [2.24, 2.45) is 0 Å². The molecule has 0 amide bonds. The number of rotatable bonds is 7. The van der Waals surface area contributed by atoms with E-state index in [9.17, 15) is 5.26 Å². The molecule has 4 aromatic rings. The Morgan fingerprint density at radius 2 is 1.80 bits per heavy atom. The number of benzene rings is 2. The first kappa shape index (κ1) is 19.5. The molecule has 2 heterocycles. The number of hydrogen-bond donors (Lipinski definition) is 2. The number of unbranched alkanes of at least 4 members (excludes halogenated alkanes) is 1. The molecule has 30 heavy (non-hydrogen) atoms. The van der Waals surface area contributed by atoms with Crippen molar-refractivity contribution >= 4 is 16.9 Å². The van der Waals surface area contributed by atoms with E-state index < -0.39 is 0 Å². The van der Waals surface area contributed by atoms with E-state index in [1.165, 1.54) is 0 Å². The number of fused-ring (bicyclic) bond motifs is 1. The molecule has 4 rings (SSSR count). The molecule has 0 spiro atoms. The molecule has 0 aliphatic heterocycles. The number of nitriles is 1. The second-order valence-electron chi connectivity index (χ2n) is 7.12. The summed E-state index contributed by atoms with van der Waals surface area (Å²) in [6, 6.07) is 22.2. The fourth-order valence-electron chi connectivity index (χ4n) is 3.48. The Morgan fingerprint density at radius 1 is 1.10 bits per heavy atom. The molecule has 0 bridgehead atoms. The van der Waals surface area contributed by atoms with Crippen LogP contribution in [0, 0.1) is 11.3 Å². The van der Waals surface area contributed by atoms with E-state index in [1.807, 2.05) is 65.2 Å². The zero-order chi connectivity index (χ0) is 20.9. The van der Waals surface area contributed by atoms with Gasteiger partial charge in [-0.1, -0.05) is 66.9 Å². The van der Waals surface area contributed by atoms with Crippen LogP contribution in [0.4, 0.5) is 5.82 Å². The van der Waals surface area contributed by atoms with E-state index in [4.69, 9.17) is 15.5 Å². The third-order valence-electron chi connectivity index (χ3n) is 5.04. The van der Waals surface area contributed by atoms with E-state index in [0.29, 0.717) is 41.4 Å². The van der Waals surface area contributed by atoms with Gasteiger partial charge in [-0.2, -0.15) is 5.26 Å². The van der Waals surface area contributed by atoms with E-state index in [2.05, 4.69) is 18.0 Å². The zero-order valence-electron chi connectivity index (χ0n) is 16.9. The fourth-order valence-corrected chi connectivity index (χ4v) is 3.48. The van der Waals surface area contributed by atoms with Crippen LogP contribution in [0.3, 0.4) is 0 Å². The fraction of sp³-hybridized carbons (Fsp3) is 0.208. The summed E-state index contributed by atoms with van der Waals surface area (Å²) >= 11 is 0. The van der Waals surface area contributed by atoms with E-state index >= 15 is 0 Å².